The van der Waals surface area contributed by atoms with E-state index in [0.717, 1.165) is 16.7 Å². The van der Waals surface area contributed by atoms with Gasteiger partial charge in [0.1, 0.15) is 18.0 Å². The number of phenols is 1. The SMILES string of the molecule is C#CCN1CC(=O)N([C@@H](Cc2ccc(O)cc2)C(=O)N(C)Cc2ccccc2Cl)[C@H](C)N1C(=O)NCc1ccccc1. The number of urea groups is 1. The molecule has 218 valence electrons. The molecule has 1 aliphatic rings. The Morgan fingerprint density at radius 1 is 1.07 bits per heavy atom. The van der Waals surface area contributed by atoms with E-state index in [-0.39, 0.29) is 50.2 Å². The Morgan fingerprint density at radius 3 is 2.40 bits per heavy atom. The van der Waals surface area contributed by atoms with E-state index >= 15 is 0 Å². The molecule has 0 bridgehead atoms. The summed E-state index contributed by atoms with van der Waals surface area (Å²) in [5.74, 6) is 1.95. The lowest BCUT2D eigenvalue weighted by Gasteiger charge is -2.49. The van der Waals surface area contributed by atoms with Gasteiger partial charge in [0.25, 0.3) is 0 Å². The molecule has 9 nitrogen and oxygen atoms in total. The molecule has 3 aromatic rings. The molecule has 0 radical (unpaired) electrons. The number of nitrogens with one attached hydrogen (secondary N) is 1. The third-order valence-corrected chi connectivity index (χ3v) is 7.53. The summed E-state index contributed by atoms with van der Waals surface area (Å²) in [6.07, 6.45) is 4.92. The number of hydrogen-bond donors (Lipinski definition) is 2. The standard InChI is InChI=1S/C32H34ClN5O4/c1-4-18-36-22-30(40)37(23(2)38(36)32(42)34-20-25-10-6-5-7-11-25)29(19-24-14-16-27(39)17-15-24)31(41)35(3)21-26-12-8-9-13-28(26)33/h1,5-17,23,29,39H,18-22H2,2-3H3,(H,34,42)/t23-,29-/m0/s1. The molecule has 0 saturated carbocycles. The number of hydrogen-bond acceptors (Lipinski definition) is 5. The second kappa shape index (κ2) is 13.9. The molecule has 4 rings (SSSR count). The number of rotatable bonds is 9. The van der Waals surface area contributed by atoms with Crippen LogP contribution in [0, 0.1) is 12.3 Å². The van der Waals surface area contributed by atoms with Crippen molar-refractivity contribution in [3.8, 4) is 18.1 Å². The van der Waals surface area contributed by atoms with Gasteiger partial charge in [-0.3, -0.25) is 9.59 Å². The lowest BCUT2D eigenvalue weighted by molar-refractivity contribution is -0.173. The zero-order valence-electron chi connectivity index (χ0n) is 23.6. The van der Waals surface area contributed by atoms with Crippen LogP contribution in [0.4, 0.5) is 4.79 Å². The lowest BCUT2D eigenvalue weighted by atomic mass is 10.0. The number of terminal acetylenes is 1. The number of nitrogens with zero attached hydrogens (tertiary/aromatic N) is 4. The largest absolute Gasteiger partial charge is 0.508 e. The Labute approximate surface area is 251 Å². The summed E-state index contributed by atoms with van der Waals surface area (Å²) < 4.78 is 0. The van der Waals surface area contributed by atoms with Crippen LogP contribution in [-0.2, 0) is 29.1 Å². The van der Waals surface area contributed by atoms with Crippen molar-refractivity contribution >= 4 is 29.4 Å². The molecule has 0 aliphatic carbocycles. The molecule has 1 saturated heterocycles. The second-order valence-corrected chi connectivity index (χ2v) is 10.5. The molecule has 0 unspecified atom stereocenters. The summed E-state index contributed by atoms with van der Waals surface area (Å²) in [6.45, 7) is 2.06. The van der Waals surface area contributed by atoms with Crippen LogP contribution in [0.1, 0.15) is 23.6 Å². The maximum absolute atomic E-state index is 14.1. The van der Waals surface area contributed by atoms with Crippen molar-refractivity contribution in [3.05, 3.63) is 101 Å². The Morgan fingerprint density at radius 2 is 1.74 bits per heavy atom. The van der Waals surface area contributed by atoms with Gasteiger partial charge in [0.15, 0.2) is 0 Å². The fourth-order valence-corrected chi connectivity index (χ4v) is 5.27. The van der Waals surface area contributed by atoms with Crippen LogP contribution in [0.2, 0.25) is 5.02 Å². The zero-order chi connectivity index (χ0) is 30.2. The summed E-state index contributed by atoms with van der Waals surface area (Å²) in [5, 5.41) is 16.2. The summed E-state index contributed by atoms with van der Waals surface area (Å²) in [6, 6.07) is 21.8. The summed E-state index contributed by atoms with van der Waals surface area (Å²) >= 11 is 6.37. The normalized spacial score (nSPS) is 16.0. The van der Waals surface area contributed by atoms with Crippen LogP contribution >= 0.6 is 11.6 Å². The Balaban J connectivity index is 1.65. The van der Waals surface area contributed by atoms with Crippen molar-refractivity contribution in [2.45, 2.75) is 38.6 Å². The lowest BCUT2D eigenvalue weighted by Crippen LogP contribution is -2.70. The Kier molecular flexibility index (Phi) is 10.1. The molecule has 0 aromatic heterocycles. The first-order chi connectivity index (χ1) is 20.2. The molecule has 1 heterocycles. The van der Waals surface area contributed by atoms with Gasteiger partial charge in [-0.15, -0.1) is 6.42 Å². The topological polar surface area (TPSA) is 96.4 Å². The van der Waals surface area contributed by atoms with Crippen LogP contribution in [0.5, 0.6) is 5.75 Å². The molecule has 42 heavy (non-hydrogen) atoms. The molecule has 1 fully saturated rings. The summed E-state index contributed by atoms with van der Waals surface area (Å²) in [4.78, 5) is 44.3. The quantitative estimate of drug-likeness (QED) is 0.371. The van der Waals surface area contributed by atoms with Gasteiger partial charge in [-0.05, 0) is 41.8 Å². The molecule has 4 amide bonds. The van der Waals surface area contributed by atoms with Crippen molar-refractivity contribution in [3.63, 3.8) is 0 Å². The molecule has 2 N–H and O–H groups in total. The molecular formula is C32H34ClN5O4. The van der Waals surface area contributed by atoms with E-state index in [9.17, 15) is 19.5 Å². The van der Waals surface area contributed by atoms with E-state index in [1.54, 1.807) is 32.2 Å². The van der Waals surface area contributed by atoms with Gasteiger partial charge in [0, 0.05) is 31.6 Å². The van der Waals surface area contributed by atoms with E-state index in [4.69, 9.17) is 18.0 Å². The molecule has 10 heteroatoms. The third kappa shape index (κ3) is 7.21. The third-order valence-electron chi connectivity index (χ3n) is 7.16. The predicted molar refractivity (Wildman–Crippen MR) is 161 cm³/mol. The predicted octanol–water partition coefficient (Wildman–Crippen LogP) is 3.87. The number of amides is 4. The average molecular weight is 588 g/mol. The summed E-state index contributed by atoms with van der Waals surface area (Å²) in [7, 11) is 1.66. The van der Waals surface area contributed by atoms with E-state index in [2.05, 4.69) is 11.2 Å². The minimum Gasteiger partial charge on any atom is -0.508 e. The van der Waals surface area contributed by atoms with Crippen molar-refractivity contribution in [2.24, 2.45) is 0 Å². The minimum absolute atomic E-state index is 0.0334. The average Bonchev–Trinajstić information content (AvgIpc) is 2.98. The fourth-order valence-electron chi connectivity index (χ4n) is 5.08. The summed E-state index contributed by atoms with van der Waals surface area (Å²) in [5.41, 5.74) is 2.41. The number of carbonyl (C=O) groups is 3. The van der Waals surface area contributed by atoms with Gasteiger partial charge >= 0.3 is 6.03 Å². The van der Waals surface area contributed by atoms with Gasteiger partial charge in [-0.1, -0.05) is 78.2 Å². The highest BCUT2D eigenvalue weighted by Gasteiger charge is 2.44. The van der Waals surface area contributed by atoms with Crippen LogP contribution < -0.4 is 5.32 Å². The maximum atomic E-state index is 14.1. The van der Waals surface area contributed by atoms with Crippen LogP contribution in [0.25, 0.3) is 0 Å². The zero-order valence-corrected chi connectivity index (χ0v) is 24.4. The number of carbonyl (C=O) groups excluding carboxylic acids is 3. The minimum atomic E-state index is -0.957. The van der Waals surface area contributed by atoms with Crippen LogP contribution in [0.3, 0.4) is 0 Å². The van der Waals surface area contributed by atoms with Gasteiger partial charge < -0.3 is 20.2 Å². The first kappa shape index (κ1) is 30.4. The number of benzene rings is 3. The van der Waals surface area contributed by atoms with Crippen LogP contribution in [-0.4, -0.2) is 75.1 Å². The van der Waals surface area contributed by atoms with Gasteiger partial charge in [-0.25, -0.2) is 9.80 Å². The maximum Gasteiger partial charge on any atom is 0.334 e. The number of hydrazine groups is 1. The van der Waals surface area contributed by atoms with Crippen molar-refractivity contribution in [1.82, 2.24) is 25.1 Å². The van der Waals surface area contributed by atoms with Gasteiger partial charge in [-0.2, -0.15) is 5.01 Å². The van der Waals surface area contributed by atoms with Gasteiger partial charge in [0.05, 0.1) is 13.1 Å². The number of phenolic OH excluding ortho intramolecular Hbond substituents is 1. The molecular weight excluding hydrogens is 554 g/mol. The first-order valence-corrected chi connectivity index (χ1v) is 13.9. The van der Waals surface area contributed by atoms with Crippen molar-refractivity contribution < 1.29 is 19.5 Å². The van der Waals surface area contributed by atoms with Crippen LogP contribution in [0.15, 0.2) is 78.9 Å². The van der Waals surface area contributed by atoms with Crippen molar-refractivity contribution in [1.29, 1.82) is 0 Å². The van der Waals surface area contributed by atoms with Gasteiger partial charge in [0.2, 0.25) is 11.8 Å². The van der Waals surface area contributed by atoms with Crippen molar-refractivity contribution in [2.75, 3.05) is 20.1 Å². The molecule has 0 spiro atoms. The molecule has 3 aromatic carbocycles. The van der Waals surface area contributed by atoms with E-state index < -0.39 is 18.2 Å². The highest BCUT2D eigenvalue weighted by molar-refractivity contribution is 6.31. The van der Waals surface area contributed by atoms with E-state index in [1.165, 1.54) is 32.0 Å². The monoisotopic (exact) mass is 587 g/mol. The number of aromatic hydroxyl groups is 1. The highest BCUT2D eigenvalue weighted by Crippen LogP contribution is 2.25. The Hall–Kier alpha value is -4.52. The molecule has 1 aliphatic heterocycles. The highest BCUT2D eigenvalue weighted by atomic mass is 35.5. The van der Waals surface area contributed by atoms with E-state index in [0.29, 0.717) is 5.02 Å². The second-order valence-electron chi connectivity index (χ2n) is 10.1. The smallest absolute Gasteiger partial charge is 0.334 e. The van der Waals surface area contributed by atoms with E-state index in [1.807, 2.05) is 48.5 Å². The first-order valence-electron chi connectivity index (χ1n) is 13.6. The fraction of sp³-hybridized carbons (Fsp3) is 0.281. The molecule has 2 atom stereocenters. The number of likely N-dealkylation sites (N-methyl/N-ethyl adjacent to an activating group) is 1. The number of halogens is 1. The Bertz CT molecular complexity index is 1440.